The van der Waals surface area contributed by atoms with Crippen molar-refractivity contribution in [3.05, 3.63) is 46.9 Å². The SMILES string of the molecule is CNc1cnn(CCOc2ccccc2OC)c(=O)c1. The second kappa shape index (κ2) is 6.60. The van der Waals surface area contributed by atoms with Crippen molar-refractivity contribution >= 4 is 5.69 Å². The molecule has 20 heavy (non-hydrogen) atoms. The van der Waals surface area contributed by atoms with Gasteiger partial charge in [0.25, 0.3) is 5.56 Å². The van der Waals surface area contributed by atoms with Crippen molar-refractivity contribution in [1.29, 1.82) is 0 Å². The summed E-state index contributed by atoms with van der Waals surface area (Å²) in [7, 11) is 3.33. The lowest BCUT2D eigenvalue weighted by Gasteiger charge is -2.10. The van der Waals surface area contributed by atoms with E-state index >= 15 is 0 Å². The quantitative estimate of drug-likeness (QED) is 0.862. The molecule has 106 valence electrons. The number of methoxy groups -OCH3 is 1. The standard InChI is InChI=1S/C14H17N3O3/c1-15-11-9-14(18)17(16-10-11)7-8-20-13-6-4-3-5-12(13)19-2/h3-6,9-10,15H,7-8H2,1-2H3. The highest BCUT2D eigenvalue weighted by Crippen LogP contribution is 2.25. The topological polar surface area (TPSA) is 65.4 Å². The average molecular weight is 275 g/mol. The van der Waals surface area contributed by atoms with E-state index < -0.39 is 0 Å². The van der Waals surface area contributed by atoms with Gasteiger partial charge in [-0.05, 0) is 12.1 Å². The summed E-state index contributed by atoms with van der Waals surface area (Å²) in [6, 6.07) is 8.87. The van der Waals surface area contributed by atoms with Crippen molar-refractivity contribution in [2.45, 2.75) is 6.54 Å². The van der Waals surface area contributed by atoms with E-state index in [1.165, 1.54) is 10.7 Å². The molecule has 2 aromatic rings. The molecule has 0 aliphatic carbocycles. The van der Waals surface area contributed by atoms with E-state index in [-0.39, 0.29) is 5.56 Å². The highest BCUT2D eigenvalue weighted by Gasteiger charge is 2.03. The summed E-state index contributed by atoms with van der Waals surface area (Å²) in [5.41, 5.74) is 0.525. The summed E-state index contributed by atoms with van der Waals surface area (Å²) >= 11 is 0. The molecule has 0 saturated carbocycles. The third kappa shape index (κ3) is 3.28. The van der Waals surface area contributed by atoms with E-state index in [2.05, 4.69) is 10.4 Å². The first-order valence-electron chi connectivity index (χ1n) is 6.25. The summed E-state index contributed by atoms with van der Waals surface area (Å²) in [5, 5.41) is 6.92. The lowest BCUT2D eigenvalue weighted by atomic mass is 10.3. The maximum Gasteiger partial charge on any atom is 0.268 e. The van der Waals surface area contributed by atoms with Crippen molar-refractivity contribution in [3.63, 3.8) is 0 Å². The molecule has 0 unspecified atom stereocenters. The van der Waals surface area contributed by atoms with Crippen LogP contribution in [0.3, 0.4) is 0 Å². The van der Waals surface area contributed by atoms with E-state index in [9.17, 15) is 4.79 Å². The van der Waals surface area contributed by atoms with Gasteiger partial charge < -0.3 is 14.8 Å². The molecule has 0 amide bonds. The van der Waals surface area contributed by atoms with Crippen LogP contribution in [-0.4, -0.2) is 30.5 Å². The summed E-state index contributed by atoms with van der Waals surface area (Å²) in [5.74, 6) is 1.31. The molecule has 0 aliphatic heterocycles. The molecule has 0 bridgehead atoms. The molecule has 0 fully saturated rings. The minimum Gasteiger partial charge on any atom is -0.493 e. The third-order valence-corrected chi connectivity index (χ3v) is 2.79. The molecule has 0 spiro atoms. The number of hydrogen-bond donors (Lipinski definition) is 1. The van der Waals surface area contributed by atoms with Gasteiger partial charge in [-0.25, -0.2) is 4.68 Å². The number of hydrogen-bond acceptors (Lipinski definition) is 5. The fourth-order valence-corrected chi connectivity index (χ4v) is 1.72. The van der Waals surface area contributed by atoms with Gasteiger partial charge in [0.05, 0.1) is 25.5 Å². The molecule has 0 aliphatic rings. The van der Waals surface area contributed by atoms with Gasteiger partial charge in [-0.1, -0.05) is 12.1 Å². The molecule has 1 N–H and O–H groups in total. The molecule has 6 heteroatoms. The Morgan fingerprint density at radius 3 is 2.70 bits per heavy atom. The monoisotopic (exact) mass is 275 g/mol. The Kier molecular flexibility index (Phi) is 4.60. The van der Waals surface area contributed by atoms with Gasteiger partial charge >= 0.3 is 0 Å². The third-order valence-electron chi connectivity index (χ3n) is 2.79. The summed E-state index contributed by atoms with van der Waals surface area (Å²) in [6.07, 6.45) is 1.60. The van der Waals surface area contributed by atoms with Crippen LogP contribution in [0.4, 0.5) is 5.69 Å². The Bertz CT molecular complexity index is 625. The fraction of sp³-hybridized carbons (Fsp3) is 0.286. The Balaban J connectivity index is 1.98. The van der Waals surface area contributed by atoms with Gasteiger partial charge in [0, 0.05) is 13.1 Å². The summed E-state index contributed by atoms with van der Waals surface area (Å²) in [4.78, 5) is 11.7. The smallest absolute Gasteiger partial charge is 0.268 e. The molecule has 1 heterocycles. The van der Waals surface area contributed by atoms with Crippen LogP contribution in [0.2, 0.25) is 0 Å². The second-order valence-electron chi connectivity index (χ2n) is 4.05. The van der Waals surface area contributed by atoms with Gasteiger partial charge in [-0.2, -0.15) is 5.10 Å². The zero-order valence-corrected chi connectivity index (χ0v) is 11.5. The fourth-order valence-electron chi connectivity index (χ4n) is 1.72. The molecular weight excluding hydrogens is 258 g/mol. The predicted molar refractivity (Wildman–Crippen MR) is 76.5 cm³/mol. The Morgan fingerprint density at radius 1 is 1.30 bits per heavy atom. The minimum absolute atomic E-state index is 0.166. The molecular formula is C14H17N3O3. The highest BCUT2D eigenvalue weighted by molar-refractivity contribution is 5.39. The van der Waals surface area contributed by atoms with Crippen LogP contribution in [0.5, 0.6) is 11.5 Å². The molecule has 0 radical (unpaired) electrons. The van der Waals surface area contributed by atoms with Crippen molar-refractivity contribution in [1.82, 2.24) is 9.78 Å². The normalized spacial score (nSPS) is 10.1. The van der Waals surface area contributed by atoms with Crippen LogP contribution in [0.25, 0.3) is 0 Å². The molecule has 0 atom stereocenters. The van der Waals surface area contributed by atoms with Crippen LogP contribution in [0.15, 0.2) is 41.3 Å². The number of nitrogens with one attached hydrogen (secondary N) is 1. The van der Waals surface area contributed by atoms with Crippen molar-refractivity contribution < 1.29 is 9.47 Å². The lowest BCUT2D eigenvalue weighted by molar-refractivity contribution is 0.271. The minimum atomic E-state index is -0.166. The Hall–Kier alpha value is -2.50. The van der Waals surface area contributed by atoms with Crippen molar-refractivity contribution in [2.24, 2.45) is 0 Å². The zero-order chi connectivity index (χ0) is 14.4. The van der Waals surface area contributed by atoms with E-state index in [1.807, 2.05) is 24.3 Å². The number of para-hydroxylation sites is 2. The van der Waals surface area contributed by atoms with Gasteiger partial charge in [0.15, 0.2) is 11.5 Å². The van der Waals surface area contributed by atoms with Crippen LogP contribution in [0, 0.1) is 0 Å². The van der Waals surface area contributed by atoms with Gasteiger partial charge in [0.1, 0.15) is 6.61 Å². The first-order chi connectivity index (χ1) is 9.74. The molecule has 1 aromatic heterocycles. The Morgan fingerprint density at radius 2 is 2.05 bits per heavy atom. The molecule has 0 saturated heterocycles. The number of aromatic nitrogens is 2. The van der Waals surface area contributed by atoms with Gasteiger partial charge in [0.2, 0.25) is 0 Å². The highest BCUT2D eigenvalue weighted by atomic mass is 16.5. The van der Waals surface area contributed by atoms with Crippen molar-refractivity contribution in [2.75, 3.05) is 26.1 Å². The van der Waals surface area contributed by atoms with Crippen LogP contribution in [-0.2, 0) is 6.54 Å². The van der Waals surface area contributed by atoms with Crippen molar-refractivity contribution in [3.8, 4) is 11.5 Å². The molecule has 1 aromatic carbocycles. The summed E-state index contributed by atoms with van der Waals surface area (Å²) in [6.45, 7) is 0.715. The maximum atomic E-state index is 11.7. The Labute approximate surface area is 117 Å². The van der Waals surface area contributed by atoms with E-state index in [0.29, 0.717) is 30.3 Å². The predicted octanol–water partition coefficient (Wildman–Crippen LogP) is 1.37. The number of anilines is 1. The summed E-state index contributed by atoms with van der Waals surface area (Å²) < 4.78 is 12.1. The molecule has 2 rings (SSSR count). The van der Waals surface area contributed by atoms with E-state index in [4.69, 9.17) is 9.47 Å². The van der Waals surface area contributed by atoms with Crippen LogP contribution < -0.4 is 20.3 Å². The lowest BCUT2D eigenvalue weighted by Crippen LogP contribution is -2.25. The molecule has 6 nitrogen and oxygen atoms in total. The number of rotatable bonds is 6. The zero-order valence-electron chi connectivity index (χ0n) is 11.5. The first-order valence-corrected chi connectivity index (χ1v) is 6.25. The average Bonchev–Trinajstić information content (AvgIpc) is 2.49. The maximum absolute atomic E-state index is 11.7. The number of nitrogens with zero attached hydrogens (tertiary/aromatic N) is 2. The second-order valence-corrected chi connectivity index (χ2v) is 4.05. The van der Waals surface area contributed by atoms with Gasteiger partial charge in [-0.3, -0.25) is 4.79 Å². The van der Waals surface area contributed by atoms with E-state index in [1.54, 1.807) is 20.4 Å². The van der Waals surface area contributed by atoms with E-state index in [0.717, 1.165) is 0 Å². The first kappa shape index (κ1) is 13.9. The van der Waals surface area contributed by atoms with Crippen LogP contribution in [0.1, 0.15) is 0 Å². The number of benzene rings is 1. The number of ether oxygens (including phenoxy) is 2. The van der Waals surface area contributed by atoms with Crippen LogP contribution >= 0.6 is 0 Å². The van der Waals surface area contributed by atoms with Gasteiger partial charge in [-0.15, -0.1) is 0 Å². The largest absolute Gasteiger partial charge is 0.493 e.